The van der Waals surface area contributed by atoms with Crippen LogP contribution in [0.1, 0.15) is 31.7 Å². The lowest BCUT2D eigenvalue weighted by Crippen LogP contribution is -2.19. The number of rotatable bonds is 5. The predicted molar refractivity (Wildman–Crippen MR) is 82.3 cm³/mol. The molecule has 0 atom stereocenters. The summed E-state index contributed by atoms with van der Waals surface area (Å²) in [4.78, 5) is 16.3. The van der Waals surface area contributed by atoms with Gasteiger partial charge in [0.25, 0.3) is 0 Å². The molecule has 0 radical (unpaired) electrons. The fourth-order valence-electron chi connectivity index (χ4n) is 2.65. The van der Waals surface area contributed by atoms with Crippen molar-refractivity contribution in [3.63, 3.8) is 0 Å². The minimum absolute atomic E-state index is 0.0252. The summed E-state index contributed by atoms with van der Waals surface area (Å²) in [6.45, 7) is 0. The average molecular weight is 305 g/mol. The molecule has 21 heavy (non-hydrogen) atoms. The van der Waals surface area contributed by atoms with E-state index < -0.39 is 0 Å². The van der Waals surface area contributed by atoms with Crippen LogP contribution in [0, 0.1) is 0 Å². The molecule has 2 heterocycles. The summed E-state index contributed by atoms with van der Waals surface area (Å²) in [5.74, 6) is 1.12. The number of amides is 1. The minimum Gasteiger partial charge on any atom is -0.329 e. The summed E-state index contributed by atoms with van der Waals surface area (Å²) in [6.07, 6.45) is 10.1. The predicted octanol–water partition coefficient (Wildman–Crippen LogP) is 2.46. The van der Waals surface area contributed by atoms with Crippen LogP contribution in [0.25, 0.3) is 0 Å². The maximum Gasteiger partial charge on any atom is 0.235 e. The zero-order valence-corrected chi connectivity index (χ0v) is 12.8. The van der Waals surface area contributed by atoms with E-state index in [1.807, 2.05) is 28.6 Å². The Hall–Kier alpha value is -1.76. The molecule has 6 nitrogen and oxygen atoms in total. The van der Waals surface area contributed by atoms with E-state index in [4.69, 9.17) is 0 Å². The summed E-state index contributed by atoms with van der Waals surface area (Å²) in [5.41, 5.74) is 0. The molecule has 0 unspecified atom stereocenters. The maximum atomic E-state index is 12.1. The number of aryl methyl sites for hydroxylation is 1. The van der Waals surface area contributed by atoms with Gasteiger partial charge < -0.3 is 9.88 Å². The van der Waals surface area contributed by atoms with Crippen molar-refractivity contribution in [3.05, 3.63) is 24.7 Å². The Labute approximate surface area is 127 Å². The van der Waals surface area contributed by atoms with E-state index >= 15 is 0 Å². The number of nitrogens with one attached hydrogen (secondary N) is 1. The lowest BCUT2D eigenvalue weighted by Gasteiger charge is -2.14. The number of imidazole rings is 1. The molecule has 112 valence electrons. The molecular weight excluding hydrogens is 286 g/mol. The van der Waals surface area contributed by atoms with Crippen LogP contribution in [0.5, 0.6) is 0 Å². The number of nitrogens with zero attached hydrogens (tertiary/aromatic N) is 4. The van der Waals surface area contributed by atoms with E-state index in [1.165, 1.54) is 24.6 Å². The number of hydrogen-bond donors (Lipinski definition) is 1. The highest BCUT2D eigenvalue weighted by Gasteiger charge is 2.20. The van der Waals surface area contributed by atoms with E-state index in [0.717, 1.165) is 23.8 Å². The van der Waals surface area contributed by atoms with Gasteiger partial charge in [-0.15, -0.1) is 0 Å². The van der Waals surface area contributed by atoms with Gasteiger partial charge in [-0.05, 0) is 12.8 Å². The summed E-state index contributed by atoms with van der Waals surface area (Å²) in [5, 5.41) is 8.15. The number of hydrogen-bond acceptors (Lipinski definition) is 4. The lowest BCUT2D eigenvalue weighted by molar-refractivity contribution is -0.113. The highest BCUT2D eigenvalue weighted by atomic mass is 32.2. The number of aromatic nitrogens is 4. The normalized spacial score (nSPS) is 15.5. The highest BCUT2D eigenvalue weighted by Crippen LogP contribution is 2.31. The molecule has 3 rings (SSSR count). The van der Waals surface area contributed by atoms with Crippen LogP contribution in [-0.2, 0) is 11.8 Å². The van der Waals surface area contributed by atoms with Crippen LogP contribution in [0.4, 0.5) is 5.82 Å². The molecule has 1 aliphatic rings. The van der Waals surface area contributed by atoms with Gasteiger partial charge in [0, 0.05) is 25.5 Å². The summed E-state index contributed by atoms with van der Waals surface area (Å²) < 4.78 is 3.86. The van der Waals surface area contributed by atoms with Gasteiger partial charge in [0.05, 0.1) is 18.0 Å². The van der Waals surface area contributed by atoms with Gasteiger partial charge in [-0.25, -0.2) is 9.67 Å². The van der Waals surface area contributed by atoms with E-state index in [9.17, 15) is 4.79 Å². The fraction of sp³-hybridized carbons (Fsp3) is 0.500. The van der Waals surface area contributed by atoms with Gasteiger partial charge in [0.2, 0.25) is 5.91 Å². The van der Waals surface area contributed by atoms with Gasteiger partial charge in [-0.3, -0.25) is 4.79 Å². The first-order valence-corrected chi connectivity index (χ1v) is 8.16. The molecule has 0 aromatic carbocycles. The summed E-state index contributed by atoms with van der Waals surface area (Å²) in [6, 6.07) is 2.29. The van der Waals surface area contributed by atoms with Crippen molar-refractivity contribution in [2.24, 2.45) is 7.05 Å². The van der Waals surface area contributed by atoms with Gasteiger partial charge in [-0.2, -0.15) is 5.10 Å². The average Bonchev–Trinajstić information content (AvgIpc) is 3.17. The molecule has 0 bridgehead atoms. The molecule has 0 aliphatic heterocycles. The van der Waals surface area contributed by atoms with Crippen molar-refractivity contribution >= 4 is 23.5 Å². The second-order valence-electron chi connectivity index (χ2n) is 5.26. The van der Waals surface area contributed by atoms with Gasteiger partial charge in [0.15, 0.2) is 5.16 Å². The molecule has 0 saturated heterocycles. The van der Waals surface area contributed by atoms with Crippen LogP contribution >= 0.6 is 11.8 Å². The standard InChI is InChI=1S/C14H19N5OS/c1-18-9-8-15-14(18)21-10-13(20)17-12-6-7-16-19(12)11-4-2-3-5-11/h6-9,11H,2-5,10H2,1H3,(H,17,20). The van der Waals surface area contributed by atoms with E-state index in [1.54, 1.807) is 12.4 Å². The van der Waals surface area contributed by atoms with Crippen molar-refractivity contribution in [1.82, 2.24) is 19.3 Å². The largest absolute Gasteiger partial charge is 0.329 e. The van der Waals surface area contributed by atoms with Gasteiger partial charge >= 0.3 is 0 Å². The van der Waals surface area contributed by atoms with E-state index in [0.29, 0.717) is 11.8 Å². The van der Waals surface area contributed by atoms with Crippen molar-refractivity contribution < 1.29 is 4.79 Å². The minimum atomic E-state index is -0.0252. The summed E-state index contributed by atoms with van der Waals surface area (Å²) >= 11 is 1.43. The zero-order valence-electron chi connectivity index (χ0n) is 12.0. The third-order valence-corrected chi connectivity index (χ3v) is 4.78. The van der Waals surface area contributed by atoms with Crippen molar-refractivity contribution in [2.75, 3.05) is 11.1 Å². The zero-order chi connectivity index (χ0) is 14.7. The third-order valence-electron chi connectivity index (χ3n) is 3.72. The first-order chi connectivity index (χ1) is 10.2. The number of anilines is 1. The van der Waals surface area contributed by atoms with E-state index in [2.05, 4.69) is 15.4 Å². The Morgan fingerprint density at radius 1 is 1.43 bits per heavy atom. The molecule has 7 heteroatoms. The van der Waals surface area contributed by atoms with Crippen molar-refractivity contribution in [1.29, 1.82) is 0 Å². The molecule has 2 aromatic rings. The number of carbonyl (C=O) groups is 1. The van der Waals surface area contributed by atoms with Gasteiger partial charge in [-0.1, -0.05) is 24.6 Å². The fourth-order valence-corrected chi connectivity index (χ4v) is 3.39. The molecule has 1 N–H and O–H groups in total. The van der Waals surface area contributed by atoms with Crippen molar-refractivity contribution in [3.8, 4) is 0 Å². The second kappa shape index (κ2) is 6.34. The van der Waals surface area contributed by atoms with Crippen LogP contribution in [-0.4, -0.2) is 31.0 Å². The SMILES string of the molecule is Cn1ccnc1SCC(=O)Nc1ccnn1C1CCCC1. The third kappa shape index (κ3) is 3.29. The molecule has 1 aliphatic carbocycles. The Morgan fingerprint density at radius 2 is 2.24 bits per heavy atom. The molecule has 1 amide bonds. The first kappa shape index (κ1) is 14.2. The molecule has 0 spiro atoms. The summed E-state index contributed by atoms with van der Waals surface area (Å²) in [7, 11) is 1.92. The topological polar surface area (TPSA) is 64.7 Å². The van der Waals surface area contributed by atoms with Gasteiger partial charge in [0.1, 0.15) is 5.82 Å². The van der Waals surface area contributed by atoms with Crippen LogP contribution in [0.2, 0.25) is 0 Å². The molecule has 1 fully saturated rings. The van der Waals surface area contributed by atoms with E-state index in [-0.39, 0.29) is 5.91 Å². The smallest absolute Gasteiger partial charge is 0.235 e. The van der Waals surface area contributed by atoms with Crippen LogP contribution in [0.3, 0.4) is 0 Å². The monoisotopic (exact) mass is 305 g/mol. The Morgan fingerprint density at radius 3 is 2.95 bits per heavy atom. The first-order valence-electron chi connectivity index (χ1n) is 7.17. The Bertz CT molecular complexity index is 614. The molecule has 2 aromatic heterocycles. The molecule has 1 saturated carbocycles. The highest BCUT2D eigenvalue weighted by molar-refractivity contribution is 7.99. The lowest BCUT2D eigenvalue weighted by atomic mass is 10.2. The van der Waals surface area contributed by atoms with Crippen LogP contribution in [0.15, 0.2) is 29.8 Å². The second-order valence-corrected chi connectivity index (χ2v) is 6.20. The maximum absolute atomic E-state index is 12.1. The quantitative estimate of drug-likeness (QED) is 0.862. The van der Waals surface area contributed by atoms with Crippen molar-refractivity contribution in [2.45, 2.75) is 36.9 Å². The Balaban J connectivity index is 1.57. The molecular formula is C14H19N5OS. The van der Waals surface area contributed by atoms with Crippen LogP contribution < -0.4 is 5.32 Å². The number of carbonyl (C=O) groups excluding carboxylic acids is 1. The Kier molecular flexibility index (Phi) is 4.28. The number of thioether (sulfide) groups is 1.